The fraction of sp³-hybridized carbons (Fsp3) is 0.214. The Morgan fingerprint density at radius 3 is 2.83 bits per heavy atom. The summed E-state index contributed by atoms with van der Waals surface area (Å²) in [6.07, 6.45) is 2.59. The Kier molecular flexibility index (Phi) is 4.47. The molecule has 0 fully saturated rings. The van der Waals surface area contributed by atoms with Gasteiger partial charge in [-0.05, 0) is 47.0 Å². The van der Waals surface area contributed by atoms with Gasteiger partial charge in [-0.25, -0.2) is 0 Å². The van der Waals surface area contributed by atoms with E-state index in [0.717, 1.165) is 16.6 Å². The summed E-state index contributed by atoms with van der Waals surface area (Å²) in [5.74, 6) is 5.65. The molecule has 94 valence electrons. The molecule has 0 aliphatic carbocycles. The van der Waals surface area contributed by atoms with Crippen molar-refractivity contribution in [2.24, 2.45) is 5.84 Å². The minimum Gasteiger partial charge on any atom is -0.271 e. The number of aryl methyl sites for hydroxylation is 1. The second-order valence-electron chi connectivity index (χ2n) is 4.28. The molecule has 1 atom stereocenters. The van der Waals surface area contributed by atoms with Crippen LogP contribution in [0.25, 0.3) is 0 Å². The molecule has 0 spiro atoms. The molecule has 0 aliphatic heterocycles. The molecule has 0 amide bonds. The zero-order chi connectivity index (χ0) is 13.0. The summed E-state index contributed by atoms with van der Waals surface area (Å²) in [5, 5.41) is 0. The van der Waals surface area contributed by atoms with E-state index in [2.05, 4.69) is 57.5 Å². The predicted octanol–water partition coefficient (Wildman–Crippen LogP) is 2.90. The highest BCUT2D eigenvalue weighted by molar-refractivity contribution is 9.10. The Bertz CT molecular complexity index is 528. The van der Waals surface area contributed by atoms with Crippen LogP contribution in [0.15, 0.2) is 47.1 Å². The van der Waals surface area contributed by atoms with Gasteiger partial charge in [-0.1, -0.05) is 29.8 Å². The van der Waals surface area contributed by atoms with E-state index in [9.17, 15) is 0 Å². The fourth-order valence-corrected chi connectivity index (χ4v) is 2.49. The summed E-state index contributed by atoms with van der Waals surface area (Å²) in [6.45, 7) is 2.09. The van der Waals surface area contributed by atoms with Crippen LogP contribution in [-0.4, -0.2) is 4.98 Å². The maximum Gasteiger partial charge on any atom is 0.0731 e. The molecule has 2 rings (SSSR count). The quantitative estimate of drug-likeness (QED) is 0.674. The average Bonchev–Trinajstić information content (AvgIpc) is 2.37. The number of pyridine rings is 1. The number of hydrogen-bond donors (Lipinski definition) is 2. The summed E-state index contributed by atoms with van der Waals surface area (Å²) >= 11 is 3.51. The normalized spacial score (nSPS) is 12.4. The molecule has 0 aliphatic rings. The summed E-state index contributed by atoms with van der Waals surface area (Å²) in [5.41, 5.74) is 6.27. The number of nitrogens with one attached hydrogen (secondary N) is 1. The predicted molar refractivity (Wildman–Crippen MR) is 76.9 cm³/mol. The van der Waals surface area contributed by atoms with Gasteiger partial charge in [0.1, 0.15) is 0 Å². The molecule has 3 N–H and O–H groups in total. The monoisotopic (exact) mass is 305 g/mol. The molecule has 2 aromatic rings. The number of hydrogen-bond acceptors (Lipinski definition) is 3. The first-order chi connectivity index (χ1) is 8.70. The summed E-state index contributed by atoms with van der Waals surface area (Å²) < 4.78 is 0.973. The lowest BCUT2D eigenvalue weighted by Gasteiger charge is -2.17. The highest BCUT2D eigenvalue weighted by Crippen LogP contribution is 2.23. The van der Waals surface area contributed by atoms with Crippen molar-refractivity contribution < 1.29 is 0 Å². The van der Waals surface area contributed by atoms with Crippen molar-refractivity contribution in [3.63, 3.8) is 0 Å². The number of benzene rings is 1. The molecular formula is C14H16BrN3. The van der Waals surface area contributed by atoms with Crippen LogP contribution in [0.2, 0.25) is 0 Å². The van der Waals surface area contributed by atoms with Crippen LogP contribution in [0.1, 0.15) is 22.9 Å². The van der Waals surface area contributed by atoms with Gasteiger partial charge >= 0.3 is 0 Å². The molecule has 4 heteroatoms. The lowest BCUT2D eigenvalue weighted by molar-refractivity contribution is 0.536. The van der Waals surface area contributed by atoms with Gasteiger partial charge in [0.2, 0.25) is 0 Å². The number of aromatic nitrogens is 1. The number of nitrogens with zero attached hydrogens (tertiary/aromatic N) is 1. The van der Waals surface area contributed by atoms with Crippen LogP contribution in [-0.2, 0) is 6.42 Å². The zero-order valence-corrected chi connectivity index (χ0v) is 11.8. The summed E-state index contributed by atoms with van der Waals surface area (Å²) in [4.78, 5) is 4.38. The first kappa shape index (κ1) is 13.2. The molecule has 1 heterocycles. The third-order valence-electron chi connectivity index (χ3n) is 2.84. The van der Waals surface area contributed by atoms with Crippen molar-refractivity contribution in [3.05, 3.63) is 63.9 Å². The Hall–Kier alpha value is -1.23. The highest BCUT2D eigenvalue weighted by atomic mass is 79.9. The molecule has 3 nitrogen and oxygen atoms in total. The molecule has 1 aromatic heterocycles. The van der Waals surface area contributed by atoms with Gasteiger partial charge < -0.3 is 0 Å². The molecule has 1 unspecified atom stereocenters. The molecule has 0 radical (unpaired) electrons. The van der Waals surface area contributed by atoms with Crippen molar-refractivity contribution in [1.29, 1.82) is 0 Å². The minimum absolute atomic E-state index is 0.00220. The Labute approximate surface area is 116 Å². The molecule has 18 heavy (non-hydrogen) atoms. The first-order valence-corrected chi connectivity index (χ1v) is 6.62. The van der Waals surface area contributed by atoms with E-state index in [0.29, 0.717) is 0 Å². The van der Waals surface area contributed by atoms with Crippen LogP contribution < -0.4 is 11.3 Å². The van der Waals surface area contributed by atoms with Gasteiger partial charge in [0.05, 0.1) is 11.7 Å². The van der Waals surface area contributed by atoms with Gasteiger partial charge in [-0.15, -0.1) is 0 Å². The minimum atomic E-state index is 0.00220. The van der Waals surface area contributed by atoms with Crippen LogP contribution in [0.5, 0.6) is 0 Å². The molecule has 0 bridgehead atoms. The van der Waals surface area contributed by atoms with E-state index >= 15 is 0 Å². The Balaban J connectivity index is 2.23. The summed E-state index contributed by atoms with van der Waals surface area (Å²) in [6, 6.07) is 12.3. The second kappa shape index (κ2) is 6.09. The smallest absolute Gasteiger partial charge is 0.0731 e. The van der Waals surface area contributed by atoms with Crippen molar-refractivity contribution >= 4 is 15.9 Å². The molecular weight excluding hydrogens is 290 g/mol. The Morgan fingerprint density at radius 2 is 2.17 bits per heavy atom. The third-order valence-corrected chi connectivity index (χ3v) is 3.51. The van der Waals surface area contributed by atoms with Gasteiger partial charge in [-0.2, -0.15) is 0 Å². The van der Waals surface area contributed by atoms with Crippen molar-refractivity contribution in [1.82, 2.24) is 10.4 Å². The van der Waals surface area contributed by atoms with Gasteiger partial charge in [0, 0.05) is 10.7 Å². The maximum absolute atomic E-state index is 5.65. The molecule has 1 aromatic carbocycles. The van der Waals surface area contributed by atoms with E-state index in [-0.39, 0.29) is 6.04 Å². The lowest BCUT2D eigenvalue weighted by Crippen LogP contribution is -2.30. The summed E-state index contributed by atoms with van der Waals surface area (Å²) in [7, 11) is 0. The highest BCUT2D eigenvalue weighted by Gasteiger charge is 2.14. The van der Waals surface area contributed by atoms with Gasteiger partial charge in [0.15, 0.2) is 0 Å². The molecule has 0 saturated heterocycles. The SMILES string of the molecule is Cc1cccc(CC(NN)c2ncccc2Br)c1. The third kappa shape index (κ3) is 3.16. The fourth-order valence-electron chi connectivity index (χ4n) is 1.96. The topological polar surface area (TPSA) is 50.9 Å². The van der Waals surface area contributed by atoms with Crippen molar-refractivity contribution in [3.8, 4) is 0 Å². The van der Waals surface area contributed by atoms with E-state index < -0.39 is 0 Å². The Morgan fingerprint density at radius 1 is 1.33 bits per heavy atom. The van der Waals surface area contributed by atoms with E-state index in [1.54, 1.807) is 6.20 Å². The van der Waals surface area contributed by atoms with E-state index in [1.807, 2.05) is 12.1 Å². The number of hydrazine groups is 1. The first-order valence-electron chi connectivity index (χ1n) is 5.83. The number of nitrogens with two attached hydrogens (primary N) is 1. The lowest BCUT2D eigenvalue weighted by atomic mass is 10.0. The zero-order valence-electron chi connectivity index (χ0n) is 10.2. The maximum atomic E-state index is 5.65. The molecule has 0 saturated carbocycles. The van der Waals surface area contributed by atoms with Crippen molar-refractivity contribution in [2.45, 2.75) is 19.4 Å². The number of rotatable bonds is 4. The standard InChI is InChI=1S/C14H16BrN3/c1-10-4-2-5-11(8-10)9-13(18-16)14-12(15)6-3-7-17-14/h2-8,13,18H,9,16H2,1H3. The van der Waals surface area contributed by atoms with Crippen LogP contribution in [0.4, 0.5) is 0 Å². The van der Waals surface area contributed by atoms with Gasteiger partial charge in [0.25, 0.3) is 0 Å². The van der Waals surface area contributed by atoms with Crippen LogP contribution in [0, 0.1) is 6.92 Å². The van der Waals surface area contributed by atoms with Crippen LogP contribution in [0.3, 0.4) is 0 Å². The number of halogens is 1. The van der Waals surface area contributed by atoms with Crippen LogP contribution >= 0.6 is 15.9 Å². The van der Waals surface area contributed by atoms with Gasteiger partial charge in [-0.3, -0.25) is 16.3 Å². The van der Waals surface area contributed by atoms with E-state index in [1.165, 1.54) is 11.1 Å². The second-order valence-corrected chi connectivity index (χ2v) is 5.14. The average molecular weight is 306 g/mol. The largest absolute Gasteiger partial charge is 0.271 e. The van der Waals surface area contributed by atoms with Crippen molar-refractivity contribution in [2.75, 3.05) is 0 Å². The van der Waals surface area contributed by atoms with E-state index in [4.69, 9.17) is 5.84 Å².